The predicted octanol–water partition coefficient (Wildman–Crippen LogP) is 3.65. The molecule has 0 saturated heterocycles. The fourth-order valence-corrected chi connectivity index (χ4v) is 3.17. The van der Waals surface area contributed by atoms with Gasteiger partial charge in [-0.25, -0.2) is 9.37 Å². The van der Waals surface area contributed by atoms with Gasteiger partial charge >= 0.3 is 0 Å². The molecule has 4 nitrogen and oxygen atoms in total. The van der Waals surface area contributed by atoms with Gasteiger partial charge in [-0.1, -0.05) is 29.8 Å². The van der Waals surface area contributed by atoms with Gasteiger partial charge in [-0.05, 0) is 31.0 Å². The molecule has 0 amide bonds. The summed E-state index contributed by atoms with van der Waals surface area (Å²) in [5.41, 5.74) is 1.76. The van der Waals surface area contributed by atoms with Crippen LogP contribution in [0.2, 0.25) is 5.02 Å². The fourth-order valence-electron chi connectivity index (χ4n) is 3.01. The van der Waals surface area contributed by atoms with Gasteiger partial charge in [0.25, 0.3) is 5.56 Å². The average molecular weight is 358 g/mol. The third-order valence-corrected chi connectivity index (χ3v) is 4.66. The van der Waals surface area contributed by atoms with E-state index in [2.05, 4.69) is 9.88 Å². The molecule has 0 unspecified atom stereocenters. The topological polar surface area (TPSA) is 37.6 Å². The lowest BCUT2D eigenvalue weighted by molar-refractivity contribution is 0.239. The number of pyridine rings is 1. The van der Waals surface area contributed by atoms with Gasteiger partial charge in [0, 0.05) is 37.0 Å². The second-order valence-corrected chi connectivity index (χ2v) is 6.83. The second-order valence-electron chi connectivity index (χ2n) is 6.39. The van der Waals surface area contributed by atoms with Crippen molar-refractivity contribution in [2.24, 2.45) is 0 Å². The molecule has 0 atom stereocenters. The predicted molar refractivity (Wildman–Crippen MR) is 95.1 cm³/mol. The number of halogens is 2. The summed E-state index contributed by atoms with van der Waals surface area (Å²) in [6, 6.07) is 12.2. The van der Waals surface area contributed by atoms with Crippen molar-refractivity contribution in [3.8, 4) is 0 Å². The van der Waals surface area contributed by atoms with E-state index in [4.69, 9.17) is 11.6 Å². The molecule has 0 N–H and O–H groups in total. The largest absolute Gasteiger partial charge is 0.290 e. The maximum Gasteiger partial charge on any atom is 0.258 e. The molecule has 1 aliphatic rings. The minimum Gasteiger partial charge on any atom is -0.290 e. The first-order valence-electron chi connectivity index (χ1n) is 8.25. The summed E-state index contributed by atoms with van der Waals surface area (Å²) in [5, 5.41) is 0.489. The van der Waals surface area contributed by atoms with Crippen molar-refractivity contribution in [1.82, 2.24) is 14.3 Å². The van der Waals surface area contributed by atoms with Crippen LogP contribution in [0.5, 0.6) is 0 Å². The van der Waals surface area contributed by atoms with Crippen molar-refractivity contribution in [2.75, 3.05) is 0 Å². The van der Waals surface area contributed by atoms with Crippen LogP contribution in [0.1, 0.15) is 24.1 Å². The fraction of sp³-hybridized carbons (Fsp3) is 0.263. The highest BCUT2D eigenvalue weighted by Gasteiger charge is 2.29. The number of fused-ring (bicyclic) bond motifs is 1. The highest BCUT2D eigenvalue weighted by Crippen LogP contribution is 2.30. The molecular weight excluding hydrogens is 341 g/mol. The zero-order valence-corrected chi connectivity index (χ0v) is 14.3. The molecule has 1 saturated carbocycles. The second kappa shape index (κ2) is 6.58. The molecule has 3 aromatic rings. The summed E-state index contributed by atoms with van der Waals surface area (Å²) < 4.78 is 15.4. The molecule has 6 heteroatoms. The number of benzene rings is 1. The quantitative estimate of drug-likeness (QED) is 0.699. The van der Waals surface area contributed by atoms with Gasteiger partial charge in [-0.15, -0.1) is 0 Å². The van der Waals surface area contributed by atoms with Crippen LogP contribution in [0, 0.1) is 5.82 Å². The van der Waals surface area contributed by atoms with Crippen molar-refractivity contribution >= 4 is 17.2 Å². The third kappa shape index (κ3) is 3.57. The van der Waals surface area contributed by atoms with Crippen LogP contribution < -0.4 is 5.56 Å². The van der Waals surface area contributed by atoms with E-state index in [-0.39, 0.29) is 11.4 Å². The van der Waals surface area contributed by atoms with Crippen LogP contribution in [0.4, 0.5) is 4.39 Å². The summed E-state index contributed by atoms with van der Waals surface area (Å²) in [6.45, 7) is 1.03. The number of hydrogen-bond donors (Lipinski definition) is 0. The Labute approximate surface area is 149 Å². The van der Waals surface area contributed by atoms with Crippen molar-refractivity contribution in [3.05, 3.63) is 81.1 Å². The van der Waals surface area contributed by atoms with Gasteiger partial charge in [0.1, 0.15) is 11.5 Å². The minimum absolute atomic E-state index is 0.163. The van der Waals surface area contributed by atoms with Crippen molar-refractivity contribution in [1.29, 1.82) is 0 Å². The lowest BCUT2D eigenvalue weighted by atomic mass is 10.2. The normalized spacial score (nSPS) is 14.4. The Balaban J connectivity index is 1.62. The van der Waals surface area contributed by atoms with Crippen molar-refractivity contribution in [3.63, 3.8) is 0 Å². The number of aromatic nitrogens is 2. The molecule has 1 aliphatic carbocycles. The first-order chi connectivity index (χ1) is 12.1. The van der Waals surface area contributed by atoms with E-state index in [0.717, 1.165) is 12.8 Å². The Bertz CT molecular complexity index is 984. The minimum atomic E-state index is -0.200. The Kier molecular flexibility index (Phi) is 4.27. The van der Waals surface area contributed by atoms with Gasteiger partial charge in [0.2, 0.25) is 0 Å². The molecule has 2 heterocycles. The molecule has 2 aromatic heterocycles. The molecule has 128 valence electrons. The van der Waals surface area contributed by atoms with Crippen LogP contribution in [0.15, 0.2) is 53.5 Å². The summed E-state index contributed by atoms with van der Waals surface area (Å²) in [6.07, 6.45) is 3.75. The van der Waals surface area contributed by atoms with E-state index < -0.39 is 0 Å². The summed E-state index contributed by atoms with van der Waals surface area (Å²) in [7, 11) is 0. The average Bonchev–Trinajstić information content (AvgIpc) is 3.42. The zero-order chi connectivity index (χ0) is 17.4. The first kappa shape index (κ1) is 16.2. The van der Waals surface area contributed by atoms with Crippen LogP contribution in [-0.4, -0.2) is 20.3 Å². The van der Waals surface area contributed by atoms with E-state index in [1.807, 2.05) is 6.07 Å². The standard InChI is InChI=1S/C19H17ClFN3O/c20-14-5-8-18-22-15(9-19(25)24(18)11-14)12-23(16-6-7-16)10-13-3-1-2-4-17(13)21/h1-5,8-9,11,16H,6-7,10,12H2. The molecule has 0 aliphatic heterocycles. The monoisotopic (exact) mass is 357 g/mol. The molecule has 0 radical (unpaired) electrons. The number of hydrogen-bond acceptors (Lipinski definition) is 3. The Morgan fingerprint density at radius 3 is 2.76 bits per heavy atom. The highest BCUT2D eigenvalue weighted by molar-refractivity contribution is 6.30. The van der Waals surface area contributed by atoms with Crippen LogP contribution in [-0.2, 0) is 13.1 Å². The van der Waals surface area contributed by atoms with E-state index in [0.29, 0.717) is 41.1 Å². The third-order valence-electron chi connectivity index (χ3n) is 4.44. The Hall–Kier alpha value is -2.24. The van der Waals surface area contributed by atoms with Crippen molar-refractivity contribution < 1.29 is 4.39 Å². The zero-order valence-electron chi connectivity index (χ0n) is 13.5. The molecule has 0 spiro atoms. The van der Waals surface area contributed by atoms with Gasteiger partial charge in [0.15, 0.2) is 0 Å². The van der Waals surface area contributed by atoms with Gasteiger partial charge in [-0.2, -0.15) is 0 Å². The molecule has 25 heavy (non-hydrogen) atoms. The summed E-state index contributed by atoms with van der Waals surface area (Å²) in [4.78, 5) is 19.1. The summed E-state index contributed by atoms with van der Waals surface area (Å²) >= 11 is 5.94. The number of nitrogens with zero attached hydrogens (tertiary/aromatic N) is 3. The molecule has 0 bridgehead atoms. The molecule has 4 rings (SSSR count). The smallest absolute Gasteiger partial charge is 0.258 e. The summed E-state index contributed by atoms with van der Waals surface area (Å²) in [5.74, 6) is -0.200. The number of rotatable bonds is 5. The maximum atomic E-state index is 14.0. The Morgan fingerprint density at radius 1 is 1.20 bits per heavy atom. The maximum absolute atomic E-state index is 14.0. The lowest BCUT2D eigenvalue weighted by Crippen LogP contribution is -2.27. The van der Waals surface area contributed by atoms with Gasteiger partial charge in [-0.3, -0.25) is 14.1 Å². The van der Waals surface area contributed by atoms with Crippen LogP contribution in [0.3, 0.4) is 0 Å². The first-order valence-corrected chi connectivity index (χ1v) is 8.63. The van der Waals surface area contributed by atoms with E-state index in [1.54, 1.807) is 30.5 Å². The van der Waals surface area contributed by atoms with E-state index in [1.165, 1.54) is 16.5 Å². The van der Waals surface area contributed by atoms with Crippen LogP contribution >= 0.6 is 11.6 Å². The Morgan fingerprint density at radius 2 is 2.00 bits per heavy atom. The van der Waals surface area contributed by atoms with Gasteiger partial charge in [0.05, 0.1) is 10.7 Å². The van der Waals surface area contributed by atoms with E-state index in [9.17, 15) is 9.18 Å². The van der Waals surface area contributed by atoms with Gasteiger partial charge < -0.3 is 0 Å². The lowest BCUT2D eigenvalue weighted by Gasteiger charge is -2.22. The molecule has 1 fully saturated rings. The SMILES string of the molecule is O=c1cc(CN(Cc2ccccc2F)C2CC2)nc2ccc(Cl)cn12. The molecular formula is C19H17ClFN3O. The molecule has 1 aromatic carbocycles. The van der Waals surface area contributed by atoms with E-state index >= 15 is 0 Å². The highest BCUT2D eigenvalue weighted by atomic mass is 35.5. The van der Waals surface area contributed by atoms with Crippen molar-refractivity contribution in [2.45, 2.75) is 32.0 Å². The van der Waals surface area contributed by atoms with Crippen LogP contribution in [0.25, 0.3) is 5.65 Å².